The number of pyridine rings is 1. The molecule has 6 nitrogen and oxygen atoms in total. The molecule has 0 amide bonds. The van der Waals surface area contributed by atoms with Gasteiger partial charge in [0.2, 0.25) is 6.43 Å². The van der Waals surface area contributed by atoms with E-state index in [1.807, 2.05) is 0 Å². The molecule has 4 rings (SSSR count). The van der Waals surface area contributed by atoms with Crippen LogP contribution in [0.3, 0.4) is 0 Å². The molecular weight excluding hydrogens is 409 g/mol. The molecule has 4 N–H and O–H groups in total. The van der Waals surface area contributed by atoms with Gasteiger partial charge < -0.3 is 15.5 Å². The van der Waals surface area contributed by atoms with Gasteiger partial charge in [0.05, 0.1) is 28.9 Å². The van der Waals surface area contributed by atoms with Crippen molar-refractivity contribution in [2.75, 3.05) is 12.3 Å². The molecule has 0 radical (unpaired) electrons. The van der Waals surface area contributed by atoms with Crippen molar-refractivity contribution in [3.63, 3.8) is 0 Å². The lowest BCUT2D eigenvalue weighted by Gasteiger charge is -2.14. The number of nitrogens with two attached hydrogens (primary N) is 1. The third-order valence-electron chi connectivity index (χ3n) is 4.53. The highest BCUT2D eigenvalue weighted by Crippen LogP contribution is 2.39. The molecule has 0 bridgehead atoms. The Morgan fingerprint density at radius 3 is 2.79 bits per heavy atom. The molecule has 2 aromatic carbocycles. The summed E-state index contributed by atoms with van der Waals surface area (Å²) in [6.45, 7) is -0.360. The zero-order valence-electron chi connectivity index (χ0n) is 14.7. The fourth-order valence-electron chi connectivity index (χ4n) is 3.19. The van der Waals surface area contributed by atoms with E-state index in [1.165, 1.54) is 12.3 Å². The van der Waals surface area contributed by atoms with Gasteiger partial charge in [-0.25, -0.2) is 13.2 Å². The molecule has 0 aliphatic carbocycles. The number of aromatic amines is 2. The third-order valence-corrected chi connectivity index (χ3v) is 4.85. The van der Waals surface area contributed by atoms with E-state index in [0.29, 0.717) is 32.4 Å². The molecule has 0 unspecified atom stereocenters. The molecule has 150 valence electrons. The maximum Gasteiger partial charge on any atom is 0.272 e. The number of alkyl halides is 2. The summed E-state index contributed by atoms with van der Waals surface area (Å²) in [6.07, 6.45) is -1.57. The molecular formula is C19H14ClF3N4O2. The Morgan fingerprint density at radius 1 is 1.24 bits per heavy atom. The van der Waals surface area contributed by atoms with Gasteiger partial charge in [-0.15, -0.1) is 0 Å². The van der Waals surface area contributed by atoms with Crippen LogP contribution in [0.15, 0.2) is 35.3 Å². The normalized spacial score (nSPS) is 11.6. The van der Waals surface area contributed by atoms with E-state index < -0.39 is 24.2 Å². The van der Waals surface area contributed by atoms with Crippen molar-refractivity contribution >= 4 is 39.1 Å². The first-order valence-electron chi connectivity index (χ1n) is 8.54. The number of halogens is 4. The fourth-order valence-corrected chi connectivity index (χ4v) is 3.40. The zero-order valence-corrected chi connectivity index (χ0v) is 15.5. The van der Waals surface area contributed by atoms with E-state index in [-0.39, 0.29) is 23.6 Å². The van der Waals surface area contributed by atoms with Crippen LogP contribution in [0.1, 0.15) is 6.42 Å². The molecule has 0 aliphatic heterocycles. The Morgan fingerprint density at radius 2 is 2.03 bits per heavy atom. The standard InChI is InChI=1S/C19H14ClF3N4O2/c20-11-2-1-8(10-7-25-27-18(10)11)16-9-5-14(29-4-3-15(22)23)12(21)6-13(9)26-19(28)17(16)24/h1-2,5-7,15H,3-4,24H2,(H,25,27)(H,26,28). The average molecular weight is 423 g/mol. The third kappa shape index (κ3) is 3.38. The van der Waals surface area contributed by atoms with Crippen molar-refractivity contribution < 1.29 is 17.9 Å². The maximum atomic E-state index is 14.4. The van der Waals surface area contributed by atoms with Crippen molar-refractivity contribution in [2.24, 2.45) is 0 Å². The fraction of sp³-hybridized carbons (Fsp3) is 0.158. The predicted molar refractivity (Wildman–Crippen MR) is 105 cm³/mol. The van der Waals surface area contributed by atoms with Crippen LogP contribution >= 0.6 is 11.6 Å². The van der Waals surface area contributed by atoms with Crippen molar-refractivity contribution in [1.82, 2.24) is 15.2 Å². The quantitative estimate of drug-likeness (QED) is 0.441. The highest BCUT2D eigenvalue weighted by molar-refractivity contribution is 6.35. The zero-order chi connectivity index (χ0) is 20.7. The average Bonchev–Trinajstić information content (AvgIpc) is 3.16. The van der Waals surface area contributed by atoms with Gasteiger partial charge in [0.15, 0.2) is 11.6 Å². The lowest BCUT2D eigenvalue weighted by molar-refractivity contribution is 0.113. The Kier molecular flexibility index (Phi) is 4.83. The number of nitrogen functional groups attached to an aromatic ring is 1. The van der Waals surface area contributed by atoms with Crippen LogP contribution < -0.4 is 16.0 Å². The van der Waals surface area contributed by atoms with Gasteiger partial charge in [-0.2, -0.15) is 5.10 Å². The number of H-pyrrole nitrogens is 2. The van der Waals surface area contributed by atoms with E-state index in [4.69, 9.17) is 22.1 Å². The molecule has 0 saturated heterocycles. The van der Waals surface area contributed by atoms with Crippen molar-refractivity contribution in [3.05, 3.63) is 51.7 Å². The predicted octanol–water partition coefficient (Wildman–Crippen LogP) is 4.48. The summed E-state index contributed by atoms with van der Waals surface area (Å²) in [5, 5.41) is 8.18. The second-order valence-electron chi connectivity index (χ2n) is 6.35. The van der Waals surface area contributed by atoms with Gasteiger partial charge in [-0.3, -0.25) is 9.89 Å². The van der Waals surface area contributed by atoms with Crippen LogP contribution in [-0.4, -0.2) is 28.2 Å². The van der Waals surface area contributed by atoms with E-state index in [0.717, 1.165) is 6.07 Å². The number of hydrogen-bond acceptors (Lipinski definition) is 4. The minimum atomic E-state index is -2.57. The Hall–Kier alpha value is -3.20. The molecule has 0 atom stereocenters. The molecule has 4 aromatic rings. The number of benzene rings is 2. The summed E-state index contributed by atoms with van der Waals surface area (Å²) in [4.78, 5) is 14.9. The van der Waals surface area contributed by atoms with Crippen LogP contribution in [0.25, 0.3) is 32.9 Å². The summed E-state index contributed by atoms with van der Waals surface area (Å²) in [5.74, 6) is -1.01. The molecule has 0 spiro atoms. The Bertz CT molecular complexity index is 1290. The summed E-state index contributed by atoms with van der Waals surface area (Å²) in [5.41, 5.74) is 7.01. The summed E-state index contributed by atoms with van der Waals surface area (Å²) in [6, 6.07) is 5.69. The molecule has 0 saturated carbocycles. The first kappa shape index (κ1) is 19.1. The first-order valence-corrected chi connectivity index (χ1v) is 8.92. The molecule has 2 aromatic heterocycles. The van der Waals surface area contributed by atoms with Crippen molar-refractivity contribution in [2.45, 2.75) is 12.8 Å². The number of hydrogen-bond donors (Lipinski definition) is 3. The lowest BCUT2D eigenvalue weighted by atomic mass is 9.96. The van der Waals surface area contributed by atoms with Gasteiger partial charge in [0.25, 0.3) is 5.56 Å². The van der Waals surface area contributed by atoms with Crippen LogP contribution in [0.2, 0.25) is 5.02 Å². The lowest BCUT2D eigenvalue weighted by Crippen LogP contribution is -2.14. The number of fused-ring (bicyclic) bond motifs is 2. The van der Waals surface area contributed by atoms with Crippen molar-refractivity contribution in [1.29, 1.82) is 0 Å². The molecule has 29 heavy (non-hydrogen) atoms. The number of rotatable bonds is 5. The molecule has 0 aliphatic rings. The minimum absolute atomic E-state index is 0.0903. The molecule has 2 heterocycles. The highest BCUT2D eigenvalue weighted by Gasteiger charge is 2.19. The Balaban J connectivity index is 1.97. The van der Waals surface area contributed by atoms with E-state index in [9.17, 15) is 18.0 Å². The smallest absolute Gasteiger partial charge is 0.272 e. The van der Waals surface area contributed by atoms with Gasteiger partial charge in [-0.1, -0.05) is 17.7 Å². The van der Waals surface area contributed by atoms with Crippen LogP contribution in [-0.2, 0) is 0 Å². The van der Waals surface area contributed by atoms with Gasteiger partial charge in [0, 0.05) is 28.8 Å². The number of anilines is 1. The minimum Gasteiger partial charge on any atom is -0.490 e. The largest absolute Gasteiger partial charge is 0.490 e. The molecule has 10 heteroatoms. The highest BCUT2D eigenvalue weighted by atomic mass is 35.5. The first-order chi connectivity index (χ1) is 13.9. The summed E-state index contributed by atoms with van der Waals surface area (Å²) >= 11 is 6.17. The van der Waals surface area contributed by atoms with E-state index in [1.54, 1.807) is 12.1 Å². The summed E-state index contributed by atoms with van der Waals surface area (Å²) in [7, 11) is 0. The SMILES string of the molecule is Nc1c(-c2ccc(Cl)c3[nH]ncc23)c2cc(OCCC(F)F)c(F)cc2[nH]c1=O. The van der Waals surface area contributed by atoms with E-state index in [2.05, 4.69) is 15.2 Å². The number of aromatic nitrogens is 3. The number of ether oxygens (including phenoxy) is 1. The van der Waals surface area contributed by atoms with Gasteiger partial charge in [-0.05, 0) is 17.7 Å². The number of nitrogens with zero attached hydrogens (tertiary/aromatic N) is 1. The second kappa shape index (κ2) is 7.32. The van der Waals surface area contributed by atoms with Crippen molar-refractivity contribution in [3.8, 4) is 16.9 Å². The van der Waals surface area contributed by atoms with E-state index >= 15 is 0 Å². The van der Waals surface area contributed by atoms with Gasteiger partial charge in [0.1, 0.15) is 5.69 Å². The van der Waals surface area contributed by atoms with Crippen LogP contribution in [0.5, 0.6) is 5.75 Å². The second-order valence-corrected chi connectivity index (χ2v) is 6.76. The topological polar surface area (TPSA) is 96.8 Å². The monoisotopic (exact) mass is 422 g/mol. The molecule has 0 fully saturated rings. The number of nitrogens with one attached hydrogen (secondary N) is 2. The summed E-state index contributed by atoms with van der Waals surface area (Å²) < 4.78 is 44.3. The Labute approximate surface area is 166 Å². The van der Waals surface area contributed by atoms with Gasteiger partial charge >= 0.3 is 0 Å². The maximum absolute atomic E-state index is 14.4. The van der Waals surface area contributed by atoms with Crippen LogP contribution in [0, 0.1) is 5.82 Å². The van der Waals surface area contributed by atoms with Crippen LogP contribution in [0.4, 0.5) is 18.9 Å².